The molecule has 1 aromatic rings. The van der Waals surface area contributed by atoms with E-state index in [1.165, 1.54) is 0 Å². The van der Waals surface area contributed by atoms with Crippen molar-refractivity contribution < 1.29 is 0 Å². The van der Waals surface area contributed by atoms with Crippen LogP contribution in [0.25, 0.3) is 0 Å². The fraction of sp³-hybridized carbons (Fsp3) is 0.429. The highest BCUT2D eigenvalue weighted by molar-refractivity contribution is 5.27. The molecule has 0 aromatic carbocycles. The molecule has 1 aliphatic rings. The summed E-state index contributed by atoms with van der Waals surface area (Å²) in [4.78, 5) is 0. The van der Waals surface area contributed by atoms with Crippen molar-refractivity contribution >= 4 is 5.82 Å². The largest absolute Gasteiger partial charge is 0.402 e. The zero-order valence-electron chi connectivity index (χ0n) is 11.5. The second-order valence-electron chi connectivity index (χ2n) is 5.28. The van der Waals surface area contributed by atoms with Crippen LogP contribution < -0.4 is 22.9 Å². The van der Waals surface area contributed by atoms with Gasteiger partial charge in [-0.2, -0.15) is 5.10 Å². The Balaban J connectivity index is 2.07. The number of allylic oxidation sites excluding steroid dienone is 3. The van der Waals surface area contributed by atoms with Crippen molar-refractivity contribution in [2.75, 3.05) is 5.73 Å². The van der Waals surface area contributed by atoms with Gasteiger partial charge in [-0.15, -0.1) is 5.10 Å². The molecular formula is C14H22N6. The van der Waals surface area contributed by atoms with Crippen LogP contribution >= 0.6 is 0 Å². The quantitative estimate of drug-likeness (QED) is 0.607. The molecule has 2 unspecified atom stereocenters. The van der Waals surface area contributed by atoms with Crippen LogP contribution in [0.15, 0.2) is 35.8 Å². The number of hydrogen-bond acceptors (Lipinski definition) is 6. The van der Waals surface area contributed by atoms with Gasteiger partial charge < -0.3 is 22.9 Å². The van der Waals surface area contributed by atoms with Gasteiger partial charge in [-0.1, -0.05) is 6.42 Å². The van der Waals surface area contributed by atoms with Crippen molar-refractivity contribution in [1.82, 2.24) is 10.2 Å². The van der Waals surface area contributed by atoms with E-state index in [0.29, 0.717) is 17.7 Å². The van der Waals surface area contributed by atoms with E-state index in [4.69, 9.17) is 22.9 Å². The van der Waals surface area contributed by atoms with E-state index < -0.39 is 0 Å². The Morgan fingerprint density at radius 1 is 1.10 bits per heavy atom. The van der Waals surface area contributed by atoms with Crippen molar-refractivity contribution in [3.8, 4) is 0 Å². The number of hydrogen-bond donors (Lipinski definition) is 4. The van der Waals surface area contributed by atoms with Crippen LogP contribution in [0.3, 0.4) is 0 Å². The molecule has 8 N–H and O–H groups in total. The summed E-state index contributed by atoms with van der Waals surface area (Å²) in [5.74, 6) is 1.44. The molecule has 108 valence electrons. The average molecular weight is 274 g/mol. The minimum Gasteiger partial charge on any atom is -0.402 e. The van der Waals surface area contributed by atoms with Crippen molar-refractivity contribution in [3.05, 3.63) is 41.5 Å². The monoisotopic (exact) mass is 274 g/mol. The molecule has 0 amide bonds. The fourth-order valence-electron chi connectivity index (χ4n) is 2.66. The van der Waals surface area contributed by atoms with Gasteiger partial charge in [-0.25, -0.2) is 0 Å². The lowest BCUT2D eigenvalue weighted by Crippen LogP contribution is -2.21. The zero-order chi connectivity index (χ0) is 14.5. The van der Waals surface area contributed by atoms with Crippen LogP contribution in [0.2, 0.25) is 0 Å². The maximum Gasteiger partial charge on any atom is 0.146 e. The molecule has 0 aliphatic heterocycles. The maximum absolute atomic E-state index is 6.11. The SMILES string of the molecule is NC(N)=C/C=C(\N)C1CCCC(c2ccc(N)nn2)C1. The Morgan fingerprint density at radius 3 is 2.55 bits per heavy atom. The molecule has 0 spiro atoms. The van der Waals surface area contributed by atoms with Crippen LogP contribution in [0.4, 0.5) is 5.82 Å². The van der Waals surface area contributed by atoms with Gasteiger partial charge >= 0.3 is 0 Å². The van der Waals surface area contributed by atoms with Crippen molar-refractivity contribution in [2.24, 2.45) is 23.1 Å². The molecule has 20 heavy (non-hydrogen) atoms. The fourth-order valence-corrected chi connectivity index (χ4v) is 2.66. The molecule has 1 fully saturated rings. The van der Waals surface area contributed by atoms with Crippen molar-refractivity contribution in [2.45, 2.75) is 31.6 Å². The Hall–Kier alpha value is -2.24. The Labute approximate surface area is 118 Å². The first-order chi connectivity index (χ1) is 9.56. The average Bonchev–Trinajstić information content (AvgIpc) is 2.45. The molecule has 6 nitrogen and oxygen atoms in total. The van der Waals surface area contributed by atoms with Gasteiger partial charge in [0.15, 0.2) is 0 Å². The summed E-state index contributed by atoms with van der Waals surface area (Å²) in [6.45, 7) is 0. The summed E-state index contributed by atoms with van der Waals surface area (Å²) >= 11 is 0. The first kappa shape index (κ1) is 14.2. The number of nitrogen functional groups attached to an aromatic ring is 1. The second kappa shape index (κ2) is 6.27. The first-order valence-electron chi connectivity index (χ1n) is 6.83. The van der Waals surface area contributed by atoms with Gasteiger partial charge in [0.2, 0.25) is 0 Å². The second-order valence-corrected chi connectivity index (χ2v) is 5.28. The highest BCUT2D eigenvalue weighted by Crippen LogP contribution is 2.37. The minimum absolute atomic E-state index is 0.268. The van der Waals surface area contributed by atoms with Crippen molar-refractivity contribution in [3.63, 3.8) is 0 Å². The van der Waals surface area contributed by atoms with Crippen molar-refractivity contribution in [1.29, 1.82) is 0 Å². The molecule has 1 saturated carbocycles. The predicted octanol–water partition coefficient (Wildman–Crippen LogP) is 0.934. The normalized spacial score (nSPS) is 23.3. The number of nitrogens with zero attached hydrogens (tertiary/aromatic N) is 2. The standard InChI is InChI=1S/C14H22N6/c15-11(4-6-13(16)17)9-2-1-3-10(8-9)12-5-7-14(18)20-19-12/h4-7,9-10H,1-3,8,15-17H2,(H2,18,20)/b11-4-. The van der Waals surface area contributed by atoms with Gasteiger partial charge in [0.25, 0.3) is 0 Å². The highest BCUT2D eigenvalue weighted by atomic mass is 15.1. The third-order valence-electron chi connectivity index (χ3n) is 3.74. The van der Waals surface area contributed by atoms with E-state index >= 15 is 0 Å². The molecular weight excluding hydrogens is 252 g/mol. The first-order valence-corrected chi connectivity index (χ1v) is 6.83. The molecule has 0 radical (unpaired) electrons. The minimum atomic E-state index is 0.268. The molecule has 2 atom stereocenters. The molecule has 0 bridgehead atoms. The van der Waals surface area contributed by atoms with E-state index in [1.54, 1.807) is 18.2 Å². The lowest BCUT2D eigenvalue weighted by atomic mass is 9.78. The molecule has 1 aromatic heterocycles. The summed E-state index contributed by atoms with van der Waals surface area (Å²) in [5.41, 5.74) is 24.3. The van der Waals surface area contributed by atoms with Crippen LogP contribution in [0.5, 0.6) is 0 Å². The van der Waals surface area contributed by atoms with Gasteiger partial charge in [0, 0.05) is 11.6 Å². The lowest BCUT2D eigenvalue weighted by molar-refractivity contribution is 0.351. The van der Waals surface area contributed by atoms with E-state index in [2.05, 4.69) is 10.2 Å². The van der Waals surface area contributed by atoms with Gasteiger partial charge in [-0.05, 0) is 49.5 Å². The molecule has 0 saturated heterocycles. The summed E-state index contributed by atoms with van der Waals surface area (Å²) in [6, 6.07) is 3.75. The van der Waals surface area contributed by atoms with Crippen LogP contribution in [0.1, 0.15) is 37.3 Å². The number of anilines is 1. The summed E-state index contributed by atoms with van der Waals surface area (Å²) in [7, 11) is 0. The number of nitrogens with two attached hydrogens (primary N) is 4. The zero-order valence-corrected chi connectivity index (χ0v) is 11.5. The Morgan fingerprint density at radius 2 is 1.90 bits per heavy atom. The predicted molar refractivity (Wildman–Crippen MR) is 79.9 cm³/mol. The summed E-state index contributed by atoms with van der Waals surface area (Å²) < 4.78 is 0. The van der Waals surface area contributed by atoms with Crippen LogP contribution in [0, 0.1) is 5.92 Å². The summed E-state index contributed by atoms with van der Waals surface area (Å²) in [6.07, 6.45) is 7.73. The Kier molecular flexibility index (Phi) is 4.45. The number of aromatic nitrogens is 2. The smallest absolute Gasteiger partial charge is 0.146 e. The van der Waals surface area contributed by atoms with E-state index in [0.717, 1.165) is 37.1 Å². The maximum atomic E-state index is 6.11. The van der Waals surface area contributed by atoms with Gasteiger partial charge in [0.05, 0.1) is 11.5 Å². The van der Waals surface area contributed by atoms with Crippen LogP contribution in [-0.2, 0) is 0 Å². The third kappa shape index (κ3) is 3.63. The molecule has 2 rings (SSSR count). The van der Waals surface area contributed by atoms with Gasteiger partial charge in [0.1, 0.15) is 5.82 Å². The summed E-state index contributed by atoms with van der Waals surface area (Å²) in [5, 5.41) is 8.11. The molecule has 1 heterocycles. The topological polar surface area (TPSA) is 130 Å². The molecule has 1 aliphatic carbocycles. The third-order valence-corrected chi connectivity index (χ3v) is 3.74. The van der Waals surface area contributed by atoms with Crippen LogP contribution in [-0.4, -0.2) is 10.2 Å². The lowest BCUT2D eigenvalue weighted by Gasteiger charge is -2.28. The molecule has 6 heteroatoms. The number of rotatable bonds is 3. The van der Waals surface area contributed by atoms with E-state index in [9.17, 15) is 0 Å². The van der Waals surface area contributed by atoms with E-state index in [-0.39, 0.29) is 5.82 Å². The van der Waals surface area contributed by atoms with Gasteiger partial charge in [-0.3, -0.25) is 0 Å². The van der Waals surface area contributed by atoms with E-state index in [1.807, 2.05) is 6.07 Å². The Bertz CT molecular complexity index is 501. The highest BCUT2D eigenvalue weighted by Gasteiger charge is 2.25.